The van der Waals surface area contributed by atoms with Crippen molar-refractivity contribution < 1.29 is 0 Å². The Balaban J connectivity index is 1.70. The first-order chi connectivity index (χ1) is 13.2. The van der Waals surface area contributed by atoms with Crippen LogP contribution in [0.5, 0.6) is 0 Å². The first kappa shape index (κ1) is 20.1. The summed E-state index contributed by atoms with van der Waals surface area (Å²) in [5, 5.41) is 1.04. The maximum absolute atomic E-state index is 4.68. The molecule has 2 aromatic carbocycles. The van der Waals surface area contributed by atoms with E-state index in [1.165, 1.54) is 41.6 Å². The van der Waals surface area contributed by atoms with Crippen molar-refractivity contribution in [3.63, 3.8) is 0 Å². The van der Waals surface area contributed by atoms with Crippen LogP contribution in [-0.2, 0) is 0 Å². The number of unbranched alkanes of at least 4 members (excludes halogenated alkanes) is 2. The van der Waals surface area contributed by atoms with E-state index in [1.807, 2.05) is 6.07 Å². The second kappa shape index (κ2) is 10.0. The van der Waals surface area contributed by atoms with Crippen molar-refractivity contribution in [1.82, 2.24) is 4.98 Å². The van der Waals surface area contributed by atoms with Crippen LogP contribution in [0.2, 0.25) is 0 Å². The van der Waals surface area contributed by atoms with Crippen molar-refractivity contribution in [3.05, 3.63) is 57.5 Å². The lowest BCUT2D eigenvalue weighted by Gasteiger charge is -2.24. The molecule has 0 radical (unpaired) electrons. The number of halogens is 1. The zero-order chi connectivity index (χ0) is 19.1. The highest BCUT2D eigenvalue weighted by atomic mass is 79.9. The minimum atomic E-state index is 1.04. The van der Waals surface area contributed by atoms with E-state index >= 15 is 0 Å². The molecule has 0 bridgehead atoms. The van der Waals surface area contributed by atoms with Gasteiger partial charge in [-0.05, 0) is 54.8 Å². The molecular formula is C23H27BrN2S. The van der Waals surface area contributed by atoms with Crippen molar-refractivity contribution in [3.8, 4) is 0 Å². The molecule has 0 unspecified atom stereocenters. The van der Waals surface area contributed by atoms with Crippen molar-refractivity contribution >= 4 is 55.3 Å². The Hall–Kier alpha value is -1.65. The Bertz CT molecular complexity index is 875. The molecule has 0 saturated carbocycles. The van der Waals surface area contributed by atoms with Crippen LogP contribution in [0.15, 0.2) is 46.9 Å². The lowest BCUT2D eigenvalue weighted by molar-refractivity contribution is 0.678. The molecule has 0 atom stereocenters. The van der Waals surface area contributed by atoms with Crippen LogP contribution >= 0.6 is 27.3 Å². The molecule has 142 valence electrons. The van der Waals surface area contributed by atoms with Gasteiger partial charge in [-0.3, -0.25) is 0 Å². The van der Waals surface area contributed by atoms with E-state index in [-0.39, 0.29) is 0 Å². The average Bonchev–Trinajstić information content (AvgIpc) is 3.09. The molecular weight excluding hydrogens is 416 g/mol. The predicted molar refractivity (Wildman–Crippen MR) is 125 cm³/mol. The minimum Gasteiger partial charge on any atom is -0.372 e. The summed E-state index contributed by atoms with van der Waals surface area (Å²) in [4.78, 5) is 7.20. The van der Waals surface area contributed by atoms with Gasteiger partial charge in [0.2, 0.25) is 0 Å². The molecule has 0 N–H and O–H groups in total. The van der Waals surface area contributed by atoms with Gasteiger partial charge in [0, 0.05) is 23.2 Å². The third-order valence-electron chi connectivity index (χ3n) is 4.61. The summed E-state index contributed by atoms with van der Waals surface area (Å²) in [6.07, 6.45) is 9.24. The average molecular weight is 443 g/mol. The summed E-state index contributed by atoms with van der Waals surface area (Å²) in [5.74, 6) is 0. The summed E-state index contributed by atoms with van der Waals surface area (Å²) in [7, 11) is 0. The summed E-state index contributed by atoms with van der Waals surface area (Å²) in [5.41, 5.74) is 3.60. The van der Waals surface area contributed by atoms with E-state index in [0.717, 1.165) is 28.1 Å². The van der Waals surface area contributed by atoms with Gasteiger partial charge in [-0.15, -0.1) is 11.3 Å². The van der Waals surface area contributed by atoms with Crippen LogP contribution in [0.1, 0.15) is 50.1 Å². The summed E-state index contributed by atoms with van der Waals surface area (Å²) < 4.78 is 2.31. The SMILES string of the molecule is CCCCN(CCCC)c1ccc(C=Cc2nc3ccc(Br)cc3s2)cc1. The van der Waals surface area contributed by atoms with Gasteiger partial charge < -0.3 is 4.90 Å². The van der Waals surface area contributed by atoms with Crippen LogP contribution < -0.4 is 4.90 Å². The second-order valence-electron chi connectivity index (χ2n) is 6.78. The Kier molecular flexibility index (Phi) is 7.48. The molecule has 0 aliphatic carbocycles. The van der Waals surface area contributed by atoms with E-state index in [9.17, 15) is 0 Å². The molecule has 4 heteroatoms. The van der Waals surface area contributed by atoms with Crippen LogP contribution in [-0.4, -0.2) is 18.1 Å². The number of anilines is 1. The number of nitrogens with zero attached hydrogens (tertiary/aromatic N) is 2. The fourth-order valence-electron chi connectivity index (χ4n) is 3.02. The van der Waals surface area contributed by atoms with Crippen molar-refractivity contribution in [1.29, 1.82) is 0 Å². The maximum atomic E-state index is 4.68. The molecule has 27 heavy (non-hydrogen) atoms. The lowest BCUT2D eigenvalue weighted by Crippen LogP contribution is -2.25. The van der Waals surface area contributed by atoms with Crippen LogP contribution in [0, 0.1) is 0 Å². The molecule has 0 amide bonds. The van der Waals surface area contributed by atoms with Crippen molar-refractivity contribution in [2.45, 2.75) is 39.5 Å². The fourth-order valence-corrected chi connectivity index (χ4v) is 4.44. The number of hydrogen-bond donors (Lipinski definition) is 0. The molecule has 3 aromatic rings. The van der Waals surface area contributed by atoms with E-state index < -0.39 is 0 Å². The number of benzene rings is 2. The molecule has 0 saturated heterocycles. The lowest BCUT2D eigenvalue weighted by atomic mass is 10.1. The van der Waals surface area contributed by atoms with Gasteiger partial charge in [-0.25, -0.2) is 4.98 Å². The molecule has 1 heterocycles. The number of rotatable bonds is 9. The van der Waals surface area contributed by atoms with Gasteiger partial charge in [0.15, 0.2) is 0 Å². The largest absolute Gasteiger partial charge is 0.372 e. The van der Waals surface area contributed by atoms with Crippen molar-refractivity contribution in [2.75, 3.05) is 18.0 Å². The first-order valence-corrected chi connectivity index (χ1v) is 11.4. The highest BCUT2D eigenvalue weighted by molar-refractivity contribution is 9.10. The van der Waals surface area contributed by atoms with E-state index in [4.69, 9.17) is 0 Å². The summed E-state index contributed by atoms with van der Waals surface area (Å²) in [6, 6.07) is 15.1. The monoisotopic (exact) mass is 442 g/mol. The highest BCUT2D eigenvalue weighted by Gasteiger charge is 2.05. The fraction of sp³-hybridized carbons (Fsp3) is 0.348. The molecule has 0 aliphatic rings. The van der Waals surface area contributed by atoms with Gasteiger partial charge >= 0.3 is 0 Å². The quantitative estimate of drug-likeness (QED) is 0.338. The van der Waals surface area contributed by atoms with Gasteiger partial charge in [-0.1, -0.05) is 60.8 Å². The molecule has 0 spiro atoms. The second-order valence-corrected chi connectivity index (χ2v) is 8.76. The number of aromatic nitrogens is 1. The summed E-state index contributed by atoms with van der Waals surface area (Å²) in [6.45, 7) is 6.80. The van der Waals surface area contributed by atoms with Crippen LogP contribution in [0.3, 0.4) is 0 Å². The smallest absolute Gasteiger partial charge is 0.117 e. The zero-order valence-corrected chi connectivity index (χ0v) is 18.5. The van der Waals surface area contributed by atoms with Gasteiger partial charge in [-0.2, -0.15) is 0 Å². The third kappa shape index (κ3) is 5.66. The van der Waals surface area contributed by atoms with Gasteiger partial charge in [0.25, 0.3) is 0 Å². The van der Waals surface area contributed by atoms with Gasteiger partial charge in [0.05, 0.1) is 10.2 Å². The maximum Gasteiger partial charge on any atom is 0.117 e. The van der Waals surface area contributed by atoms with E-state index in [1.54, 1.807) is 11.3 Å². The number of fused-ring (bicyclic) bond motifs is 1. The minimum absolute atomic E-state index is 1.04. The Labute approximate surface area is 175 Å². The standard InChI is InChI=1S/C23H27BrN2S/c1-3-5-15-26(16-6-4-2)20-11-7-18(8-12-20)9-14-23-25-21-13-10-19(24)17-22(21)27-23/h7-14,17H,3-6,15-16H2,1-2H3. The van der Waals surface area contributed by atoms with Gasteiger partial charge in [0.1, 0.15) is 5.01 Å². The van der Waals surface area contributed by atoms with E-state index in [2.05, 4.69) is 88.2 Å². The molecule has 0 aliphatic heterocycles. The third-order valence-corrected chi connectivity index (χ3v) is 6.08. The van der Waals surface area contributed by atoms with E-state index in [0.29, 0.717) is 0 Å². The normalized spacial score (nSPS) is 11.5. The molecule has 0 fully saturated rings. The Morgan fingerprint density at radius 3 is 2.33 bits per heavy atom. The van der Waals surface area contributed by atoms with Crippen molar-refractivity contribution in [2.24, 2.45) is 0 Å². The van der Waals surface area contributed by atoms with Crippen LogP contribution in [0.25, 0.3) is 22.4 Å². The van der Waals surface area contributed by atoms with Crippen LogP contribution in [0.4, 0.5) is 5.69 Å². The predicted octanol–water partition coefficient (Wildman–Crippen LogP) is 7.64. The highest BCUT2D eigenvalue weighted by Crippen LogP contribution is 2.27. The Morgan fingerprint density at radius 2 is 1.67 bits per heavy atom. The summed E-state index contributed by atoms with van der Waals surface area (Å²) >= 11 is 5.24. The molecule has 1 aromatic heterocycles. The number of thiazole rings is 1. The Morgan fingerprint density at radius 1 is 0.963 bits per heavy atom. The topological polar surface area (TPSA) is 16.1 Å². The first-order valence-electron chi connectivity index (χ1n) is 9.78. The number of hydrogen-bond acceptors (Lipinski definition) is 3. The molecule has 2 nitrogen and oxygen atoms in total. The molecule has 3 rings (SSSR count). The zero-order valence-electron chi connectivity index (χ0n) is 16.1.